The number of ether oxygens (including phenoxy) is 1. The summed E-state index contributed by atoms with van der Waals surface area (Å²) in [5, 5.41) is 9.08. The fraction of sp³-hybridized carbons (Fsp3) is 0.846. The molecule has 30 heavy (non-hydrogen) atoms. The van der Waals surface area contributed by atoms with Crippen LogP contribution in [0.25, 0.3) is 0 Å². The molecule has 2 unspecified atom stereocenters. The molecule has 0 aromatic heterocycles. The van der Waals surface area contributed by atoms with Gasteiger partial charge in [0.05, 0.1) is 12.5 Å². The minimum absolute atomic E-state index is 0.153. The minimum Gasteiger partial charge on any atom is -0.481 e. The molecular formula is C26H50O4. The van der Waals surface area contributed by atoms with E-state index in [0.717, 1.165) is 25.7 Å². The molecule has 0 fully saturated rings. The molecule has 0 saturated heterocycles. The minimum atomic E-state index is -0.627. The van der Waals surface area contributed by atoms with Gasteiger partial charge >= 0.3 is 11.9 Å². The van der Waals surface area contributed by atoms with Gasteiger partial charge in [-0.2, -0.15) is 0 Å². The van der Waals surface area contributed by atoms with Crippen molar-refractivity contribution in [2.45, 2.75) is 112 Å². The van der Waals surface area contributed by atoms with E-state index in [1.807, 2.05) is 13.0 Å². The standard InChI is InChI=1S/C14H28O2.C12H22O2/c1-6-12(14(15)16)9-13(11(4)5)8-7-10(2)3;1-3-4-5-6-7-8-9-10-11-14-12(2)13/h10-13H,6-9H2,1-5H3,(H,15,16);3H,1,4-11H2,2H3. The predicted molar refractivity (Wildman–Crippen MR) is 128 cm³/mol. The molecule has 4 nitrogen and oxygen atoms in total. The van der Waals surface area contributed by atoms with Crippen LogP contribution in [0.3, 0.4) is 0 Å². The van der Waals surface area contributed by atoms with Crippen molar-refractivity contribution in [3.63, 3.8) is 0 Å². The normalized spacial score (nSPS) is 12.8. The van der Waals surface area contributed by atoms with Gasteiger partial charge in [0.2, 0.25) is 0 Å². The van der Waals surface area contributed by atoms with Gasteiger partial charge in [-0.05, 0) is 56.3 Å². The number of carbonyl (C=O) groups is 2. The topological polar surface area (TPSA) is 63.6 Å². The first-order valence-corrected chi connectivity index (χ1v) is 12.1. The van der Waals surface area contributed by atoms with Crippen molar-refractivity contribution >= 4 is 11.9 Å². The number of allylic oxidation sites excluding steroid dienone is 1. The van der Waals surface area contributed by atoms with Crippen LogP contribution in [0, 0.1) is 23.7 Å². The number of aliphatic carboxylic acids is 1. The number of hydrogen-bond donors (Lipinski definition) is 1. The van der Waals surface area contributed by atoms with Crippen LogP contribution in [0.15, 0.2) is 12.7 Å². The molecule has 4 heteroatoms. The average molecular weight is 427 g/mol. The van der Waals surface area contributed by atoms with Gasteiger partial charge in [0.1, 0.15) is 0 Å². The van der Waals surface area contributed by atoms with E-state index < -0.39 is 5.97 Å². The summed E-state index contributed by atoms with van der Waals surface area (Å²) >= 11 is 0. The lowest BCUT2D eigenvalue weighted by Crippen LogP contribution is -2.20. The summed E-state index contributed by atoms with van der Waals surface area (Å²) in [6.07, 6.45) is 14.3. The van der Waals surface area contributed by atoms with Crippen molar-refractivity contribution in [1.82, 2.24) is 0 Å². The second-order valence-electron chi connectivity index (χ2n) is 9.19. The van der Waals surface area contributed by atoms with Gasteiger partial charge in [0.15, 0.2) is 0 Å². The SMILES string of the molecule is C=CCCCCCCCCOC(C)=O.CCC(CC(CCC(C)C)C(C)C)C(=O)O. The van der Waals surface area contributed by atoms with E-state index in [9.17, 15) is 9.59 Å². The summed E-state index contributed by atoms with van der Waals surface area (Å²) in [5.41, 5.74) is 0. The number of esters is 1. The highest BCUT2D eigenvalue weighted by Crippen LogP contribution is 2.28. The Morgan fingerprint density at radius 1 is 0.967 bits per heavy atom. The van der Waals surface area contributed by atoms with Crippen molar-refractivity contribution in [1.29, 1.82) is 0 Å². The zero-order chi connectivity index (χ0) is 23.4. The molecule has 0 aliphatic carbocycles. The second-order valence-corrected chi connectivity index (χ2v) is 9.19. The maximum Gasteiger partial charge on any atom is 0.306 e. The maximum absolute atomic E-state index is 11.0. The van der Waals surface area contributed by atoms with Gasteiger partial charge in [-0.15, -0.1) is 6.58 Å². The molecular weight excluding hydrogens is 376 g/mol. The average Bonchev–Trinajstić information content (AvgIpc) is 2.66. The van der Waals surface area contributed by atoms with Crippen molar-refractivity contribution in [2.24, 2.45) is 23.7 Å². The van der Waals surface area contributed by atoms with E-state index in [4.69, 9.17) is 9.84 Å². The van der Waals surface area contributed by atoms with Gasteiger partial charge in [-0.25, -0.2) is 0 Å². The monoisotopic (exact) mass is 426 g/mol. The first-order chi connectivity index (χ1) is 14.1. The predicted octanol–water partition coefficient (Wildman–Crippen LogP) is 7.66. The van der Waals surface area contributed by atoms with E-state index in [-0.39, 0.29) is 11.9 Å². The molecule has 0 aromatic carbocycles. The molecule has 0 aliphatic rings. The van der Waals surface area contributed by atoms with E-state index >= 15 is 0 Å². The Kier molecular flexibility index (Phi) is 21.5. The molecule has 0 aliphatic heterocycles. The molecule has 0 amide bonds. The van der Waals surface area contributed by atoms with Crippen LogP contribution in [-0.4, -0.2) is 23.7 Å². The van der Waals surface area contributed by atoms with Crippen LogP contribution in [0.5, 0.6) is 0 Å². The summed E-state index contributed by atoms with van der Waals surface area (Å²) in [6.45, 7) is 16.6. The van der Waals surface area contributed by atoms with Crippen LogP contribution in [0.2, 0.25) is 0 Å². The molecule has 2 atom stereocenters. The molecule has 0 bridgehead atoms. The first-order valence-electron chi connectivity index (χ1n) is 12.1. The number of unbranched alkanes of at least 4 members (excludes halogenated alkanes) is 6. The lowest BCUT2D eigenvalue weighted by Gasteiger charge is -2.24. The summed E-state index contributed by atoms with van der Waals surface area (Å²) in [4.78, 5) is 21.4. The van der Waals surface area contributed by atoms with Crippen LogP contribution < -0.4 is 0 Å². The van der Waals surface area contributed by atoms with Crippen LogP contribution in [0.4, 0.5) is 0 Å². The highest BCUT2D eigenvalue weighted by molar-refractivity contribution is 5.69. The quantitative estimate of drug-likeness (QED) is 0.147. The second kappa shape index (κ2) is 20.9. The molecule has 0 saturated carbocycles. The van der Waals surface area contributed by atoms with Crippen LogP contribution >= 0.6 is 0 Å². The molecule has 178 valence electrons. The molecule has 1 N–H and O–H groups in total. The number of hydrogen-bond acceptors (Lipinski definition) is 3. The first kappa shape index (κ1) is 30.9. The number of carboxylic acids is 1. The fourth-order valence-electron chi connectivity index (χ4n) is 3.39. The third-order valence-electron chi connectivity index (χ3n) is 5.59. The Balaban J connectivity index is 0. The zero-order valence-electron chi connectivity index (χ0n) is 20.8. The summed E-state index contributed by atoms with van der Waals surface area (Å²) in [6, 6.07) is 0. The largest absolute Gasteiger partial charge is 0.481 e. The zero-order valence-corrected chi connectivity index (χ0v) is 20.8. The van der Waals surface area contributed by atoms with Gasteiger partial charge < -0.3 is 9.84 Å². The van der Waals surface area contributed by atoms with Crippen LogP contribution in [0.1, 0.15) is 112 Å². The number of carboxylic acid groups (broad SMARTS) is 1. The molecule has 0 heterocycles. The Morgan fingerprint density at radius 3 is 1.97 bits per heavy atom. The molecule has 0 rings (SSSR count). The summed E-state index contributed by atoms with van der Waals surface area (Å²) in [5.74, 6) is 0.912. The summed E-state index contributed by atoms with van der Waals surface area (Å²) < 4.78 is 4.83. The molecule has 0 spiro atoms. The van der Waals surface area contributed by atoms with Gasteiger partial charge in [-0.3, -0.25) is 9.59 Å². The van der Waals surface area contributed by atoms with E-state index in [1.165, 1.54) is 51.9 Å². The van der Waals surface area contributed by atoms with E-state index in [0.29, 0.717) is 24.4 Å². The third-order valence-corrected chi connectivity index (χ3v) is 5.59. The third kappa shape index (κ3) is 21.4. The van der Waals surface area contributed by atoms with Crippen molar-refractivity contribution in [3.8, 4) is 0 Å². The maximum atomic E-state index is 11.0. The Hall–Kier alpha value is -1.32. The van der Waals surface area contributed by atoms with Crippen molar-refractivity contribution < 1.29 is 19.4 Å². The Bertz CT molecular complexity index is 429. The van der Waals surface area contributed by atoms with Gasteiger partial charge in [-0.1, -0.05) is 72.8 Å². The van der Waals surface area contributed by atoms with E-state index in [1.54, 1.807) is 0 Å². The van der Waals surface area contributed by atoms with Gasteiger partial charge in [0.25, 0.3) is 0 Å². The highest BCUT2D eigenvalue weighted by atomic mass is 16.5. The lowest BCUT2D eigenvalue weighted by atomic mass is 9.81. The van der Waals surface area contributed by atoms with Crippen molar-refractivity contribution in [2.75, 3.05) is 6.61 Å². The van der Waals surface area contributed by atoms with Gasteiger partial charge in [0, 0.05) is 6.92 Å². The van der Waals surface area contributed by atoms with E-state index in [2.05, 4.69) is 34.3 Å². The van der Waals surface area contributed by atoms with Crippen molar-refractivity contribution in [3.05, 3.63) is 12.7 Å². The summed E-state index contributed by atoms with van der Waals surface area (Å²) in [7, 11) is 0. The lowest BCUT2D eigenvalue weighted by molar-refractivity contribution is -0.143. The Morgan fingerprint density at radius 2 is 1.53 bits per heavy atom. The molecule has 0 aromatic rings. The smallest absolute Gasteiger partial charge is 0.306 e. The number of carbonyl (C=O) groups excluding carboxylic acids is 1. The Labute approximate surface area is 186 Å². The molecule has 0 radical (unpaired) electrons. The fourth-order valence-corrected chi connectivity index (χ4v) is 3.39. The van der Waals surface area contributed by atoms with Crippen LogP contribution in [-0.2, 0) is 14.3 Å². The number of rotatable bonds is 17. The highest BCUT2D eigenvalue weighted by Gasteiger charge is 2.23.